The number of carbonyl (C=O) groups is 1. The Morgan fingerprint density at radius 3 is 2.90 bits per heavy atom. The van der Waals surface area contributed by atoms with Crippen LogP contribution in [0.15, 0.2) is 0 Å². The van der Waals surface area contributed by atoms with Crippen molar-refractivity contribution in [3.8, 4) is 0 Å². The molecule has 0 aromatic heterocycles. The van der Waals surface area contributed by atoms with E-state index in [1.165, 1.54) is 0 Å². The zero-order chi connectivity index (χ0) is 7.98. The van der Waals surface area contributed by atoms with Crippen LogP contribution in [0.3, 0.4) is 0 Å². The molecule has 0 aliphatic rings. The van der Waals surface area contributed by atoms with Gasteiger partial charge in [-0.25, -0.2) is 0 Å². The predicted molar refractivity (Wildman–Crippen MR) is 54.1 cm³/mol. The molecule has 0 aromatic carbocycles. The van der Waals surface area contributed by atoms with E-state index in [4.69, 9.17) is 4.74 Å². The van der Waals surface area contributed by atoms with Crippen molar-refractivity contribution in [3.05, 3.63) is 0 Å². The molecule has 3 nitrogen and oxygen atoms in total. The van der Waals surface area contributed by atoms with E-state index >= 15 is 0 Å². The van der Waals surface area contributed by atoms with Crippen molar-refractivity contribution >= 4 is 41.8 Å². The highest BCUT2D eigenvalue weighted by Crippen LogP contribution is 1.97. The van der Waals surface area contributed by atoms with Crippen LogP contribution in [-0.4, -0.2) is 23.5 Å². The first-order valence-corrected chi connectivity index (χ1v) is 4.84. The molecule has 1 amide bonds. The Morgan fingerprint density at radius 2 is 2.50 bits per heavy atom. The van der Waals surface area contributed by atoms with Crippen molar-refractivity contribution in [2.75, 3.05) is 13.2 Å². The topological polar surface area (TPSA) is 38.3 Å². The van der Waals surface area contributed by atoms with Gasteiger partial charge in [-0.1, -0.05) is 0 Å². The molecule has 58 valence electrons. The molecule has 0 rings (SSSR count). The zero-order valence-electron chi connectivity index (χ0n) is 5.76. The van der Waals surface area contributed by atoms with Crippen molar-refractivity contribution in [2.45, 2.75) is 6.92 Å². The number of rotatable bonds is 4. The number of carbonyl (C=O) groups excluding carboxylic acids is 1. The summed E-state index contributed by atoms with van der Waals surface area (Å²) < 4.78 is 4.96. The molecule has 6 heteroatoms. The molecule has 1 N–H and O–H groups in total. The summed E-state index contributed by atoms with van der Waals surface area (Å²) in [6.45, 7) is 2.59. The third-order valence-corrected chi connectivity index (χ3v) is 1.21. The summed E-state index contributed by atoms with van der Waals surface area (Å²) in [5.41, 5.74) is 0. The Bertz CT molecular complexity index is 113. The molecule has 0 aliphatic heterocycles. The molecule has 0 aliphatic carbocycles. The van der Waals surface area contributed by atoms with E-state index in [0.29, 0.717) is 6.61 Å². The van der Waals surface area contributed by atoms with Gasteiger partial charge in [0.1, 0.15) is 6.61 Å². The van der Waals surface area contributed by atoms with Gasteiger partial charge in [0.25, 0.3) is 0 Å². The lowest BCUT2D eigenvalue weighted by Gasteiger charge is -2.03. The Balaban J connectivity index is 3.26. The molecule has 0 saturated carbocycles. The van der Waals surface area contributed by atoms with E-state index in [1.54, 1.807) is 0 Å². The largest absolute Gasteiger partial charge is 0.384 e. The van der Waals surface area contributed by atoms with E-state index in [-0.39, 0.29) is 16.9 Å². The second-order valence-corrected chi connectivity index (χ2v) is 4.97. The number of hydrogen-bond donors (Lipinski definition) is 1. The summed E-state index contributed by atoms with van der Waals surface area (Å²) in [5, 5.41) is 2.66. The first-order chi connectivity index (χ1) is 4.66. The lowest BCUT2D eigenvalue weighted by molar-refractivity contribution is -0.123. The van der Waals surface area contributed by atoms with Crippen LogP contribution in [0.25, 0.3) is 0 Å². The smallest absolute Gasteiger partial charge is 0.349 e. The molecule has 10 heavy (non-hydrogen) atoms. The Labute approximate surface area is 76.8 Å². The van der Waals surface area contributed by atoms with Crippen molar-refractivity contribution in [3.63, 3.8) is 0 Å². The SMILES string of the molecule is CCOCC(=O)NB(P)I. The van der Waals surface area contributed by atoms with Gasteiger partial charge in [-0.05, 0) is 6.92 Å². The fourth-order valence-electron chi connectivity index (χ4n) is 0.390. The minimum atomic E-state index is -0.0729. The van der Waals surface area contributed by atoms with Gasteiger partial charge in [0.05, 0.1) is 0 Å². The lowest BCUT2D eigenvalue weighted by atomic mass is 10.4. The van der Waals surface area contributed by atoms with Crippen molar-refractivity contribution in [2.24, 2.45) is 0 Å². The maximum Gasteiger partial charge on any atom is 0.349 e. The van der Waals surface area contributed by atoms with Gasteiger partial charge in [0.15, 0.2) is 0 Å². The molecule has 0 fully saturated rings. The highest BCUT2D eigenvalue weighted by atomic mass is 127. The van der Waals surface area contributed by atoms with Crippen LogP contribution in [0, 0.1) is 0 Å². The summed E-state index contributed by atoms with van der Waals surface area (Å²) in [5.74, 6) is -0.0729. The summed E-state index contributed by atoms with van der Waals surface area (Å²) >= 11 is 2.08. The summed E-state index contributed by atoms with van der Waals surface area (Å²) in [6.07, 6.45) is 0. The molecule has 0 saturated heterocycles. The van der Waals surface area contributed by atoms with Gasteiger partial charge in [-0.2, -0.15) is 0 Å². The highest BCUT2D eigenvalue weighted by molar-refractivity contribution is 14.1. The molecule has 0 aromatic rings. The van der Waals surface area contributed by atoms with Gasteiger partial charge in [0, 0.05) is 6.61 Å². The van der Waals surface area contributed by atoms with E-state index in [2.05, 4.69) is 36.7 Å². The minimum Gasteiger partial charge on any atom is -0.384 e. The standard InChI is InChI=1S/C4H10BINO2P/c1-2-9-3-4(8)7-5(6)10/h2-3,10H2,1H3,(H,7,8). The predicted octanol–water partition coefficient (Wildman–Crippen LogP) is 0.434. The van der Waals surface area contributed by atoms with E-state index in [9.17, 15) is 4.79 Å². The quantitative estimate of drug-likeness (QED) is 0.458. The first kappa shape index (κ1) is 10.7. The molecule has 0 heterocycles. The van der Waals surface area contributed by atoms with Gasteiger partial charge in [-0.3, -0.25) is 4.79 Å². The number of halogens is 1. The summed E-state index contributed by atoms with van der Waals surface area (Å²) in [4.78, 5) is 10.8. The summed E-state index contributed by atoms with van der Waals surface area (Å²) in [7, 11) is 2.47. The first-order valence-electron chi connectivity index (χ1n) is 2.93. The summed E-state index contributed by atoms with van der Waals surface area (Å²) in [6, 6.07) is 0. The van der Waals surface area contributed by atoms with E-state index in [0.717, 1.165) is 0 Å². The normalized spacial score (nSPS) is 9.10. The Morgan fingerprint density at radius 1 is 1.90 bits per heavy atom. The van der Waals surface area contributed by atoms with Crippen LogP contribution in [0.1, 0.15) is 6.92 Å². The Hall–Kier alpha value is 0.655. The molecular formula is C4H10BINO2P. The molecule has 0 spiro atoms. The second kappa shape index (κ2) is 6.37. The maximum absolute atomic E-state index is 10.8. The third-order valence-electron chi connectivity index (χ3n) is 0.736. The van der Waals surface area contributed by atoms with Crippen LogP contribution in [-0.2, 0) is 9.53 Å². The van der Waals surface area contributed by atoms with Crippen LogP contribution in [0.2, 0.25) is 0 Å². The second-order valence-electron chi connectivity index (χ2n) is 1.61. The lowest BCUT2D eigenvalue weighted by Crippen LogP contribution is -2.33. The average molecular weight is 273 g/mol. The van der Waals surface area contributed by atoms with Crippen LogP contribution >= 0.6 is 31.5 Å². The van der Waals surface area contributed by atoms with Gasteiger partial charge >= 0.3 is 4.42 Å². The van der Waals surface area contributed by atoms with Crippen LogP contribution < -0.4 is 5.23 Å². The molecule has 0 radical (unpaired) electrons. The number of ether oxygens (including phenoxy) is 1. The minimum absolute atomic E-state index is 0.0729. The fraction of sp³-hybridized carbons (Fsp3) is 0.750. The third kappa shape index (κ3) is 6.77. The van der Waals surface area contributed by atoms with Gasteiger partial charge in [0.2, 0.25) is 5.91 Å². The Kier molecular flexibility index (Phi) is 6.79. The maximum atomic E-state index is 10.8. The fourth-order valence-corrected chi connectivity index (χ4v) is 0.923. The van der Waals surface area contributed by atoms with Crippen molar-refractivity contribution in [1.82, 2.24) is 5.23 Å². The van der Waals surface area contributed by atoms with Crippen molar-refractivity contribution in [1.29, 1.82) is 0 Å². The molecule has 1 atom stereocenters. The zero-order valence-corrected chi connectivity index (χ0v) is 9.08. The highest BCUT2D eigenvalue weighted by Gasteiger charge is 2.06. The molecular weight excluding hydrogens is 263 g/mol. The van der Waals surface area contributed by atoms with Gasteiger partial charge < -0.3 is 9.96 Å². The number of hydrogen-bond acceptors (Lipinski definition) is 2. The van der Waals surface area contributed by atoms with Crippen LogP contribution in [0.5, 0.6) is 0 Å². The molecule has 0 bridgehead atoms. The van der Waals surface area contributed by atoms with E-state index in [1.807, 2.05) is 6.92 Å². The van der Waals surface area contributed by atoms with E-state index < -0.39 is 0 Å². The number of amides is 1. The number of nitrogens with one attached hydrogen (secondary N) is 1. The van der Waals surface area contributed by atoms with Gasteiger partial charge in [-0.15, -0.1) is 31.5 Å². The molecule has 1 unspecified atom stereocenters. The van der Waals surface area contributed by atoms with Crippen molar-refractivity contribution < 1.29 is 9.53 Å². The monoisotopic (exact) mass is 273 g/mol. The van der Waals surface area contributed by atoms with Crippen LogP contribution in [0.4, 0.5) is 0 Å². The average Bonchev–Trinajstić information content (AvgIpc) is 1.82.